The maximum Gasteiger partial charge on any atom is 0.248 e. The SMILES string of the molecule is Cc1cc2ncn(-c3cc(C(N)=O)ccc3N)c2cc1C. The molecule has 3 rings (SSSR count). The average molecular weight is 280 g/mol. The van der Waals surface area contributed by atoms with Crippen LogP contribution in [0.4, 0.5) is 5.69 Å². The highest BCUT2D eigenvalue weighted by Crippen LogP contribution is 2.25. The zero-order valence-electron chi connectivity index (χ0n) is 11.9. The molecule has 0 unspecified atom stereocenters. The van der Waals surface area contributed by atoms with E-state index in [4.69, 9.17) is 11.5 Å². The summed E-state index contributed by atoms with van der Waals surface area (Å²) in [5.41, 5.74) is 17.3. The Kier molecular flexibility index (Phi) is 2.90. The summed E-state index contributed by atoms with van der Waals surface area (Å²) in [7, 11) is 0. The van der Waals surface area contributed by atoms with E-state index in [9.17, 15) is 4.79 Å². The van der Waals surface area contributed by atoms with Gasteiger partial charge in [-0.3, -0.25) is 9.36 Å². The van der Waals surface area contributed by atoms with E-state index < -0.39 is 5.91 Å². The maximum absolute atomic E-state index is 11.4. The van der Waals surface area contributed by atoms with Crippen LogP contribution in [0.5, 0.6) is 0 Å². The van der Waals surface area contributed by atoms with Gasteiger partial charge in [0.25, 0.3) is 0 Å². The number of anilines is 1. The van der Waals surface area contributed by atoms with Crippen molar-refractivity contribution < 1.29 is 4.79 Å². The van der Waals surface area contributed by atoms with Crippen molar-refractivity contribution in [3.8, 4) is 5.69 Å². The molecule has 5 nitrogen and oxygen atoms in total. The summed E-state index contributed by atoms with van der Waals surface area (Å²) >= 11 is 0. The Bertz CT molecular complexity index is 864. The molecule has 0 aliphatic heterocycles. The first-order valence-electron chi connectivity index (χ1n) is 6.61. The van der Waals surface area contributed by atoms with Gasteiger partial charge in [0.2, 0.25) is 5.91 Å². The van der Waals surface area contributed by atoms with Crippen LogP contribution in [0.15, 0.2) is 36.7 Å². The molecule has 0 atom stereocenters. The van der Waals surface area contributed by atoms with Crippen molar-refractivity contribution in [2.75, 3.05) is 5.73 Å². The summed E-state index contributed by atoms with van der Waals surface area (Å²) in [6, 6.07) is 9.09. The number of benzene rings is 2. The fourth-order valence-corrected chi connectivity index (χ4v) is 2.36. The first kappa shape index (κ1) is 13.2. The van der Waals surface area contributed by atoms with Crippen molar-refractivity contribution in [2.24, 2.45) is 5.73 Å². The third-order valence-corrected chi connectivity index (χ3v) is 3.74. The van der Waals surface area contributed by atoms with Crippen molar-refractivity contribution in [3.05, 3.63) is 53.3 Å². The van der Waals surface area contributed by atoms with Crippen LogP contribution in [0.2, 0.25) is 0 Å². The second-order valence-corrected chi connectivity index (χ2v) is 5.18. The number of hydrogen-bond acceptors (Lipinski definition) is 3. The molecule has 5 heteroatoms. The number of rotatable bonds is 2. The van der Waals surface area contributed by atoms with Crippen molar-refractivity contribution in [1.82, 2.24) is 9.55 Å². The van der Waals surface area contributed by atoms with Crippen LogP contribution in [-0.4, -0.2) is 15.5 Å². The van der Waals surface area contributed by atoms with Gasteiger partial charge >= 0.3 is 0 Å². The van der Waals surface area contributed by atoms with Gasteiger partial charge in [-0.25, -0.2) is 4.98 Å². The molecule has 2 aromatic carbocycles. The van der Waals surface area contributed by atoms with E-state index in [-0.39, 0.29) is 0 Å². The van der Waals surface area contributed by atoms with Crippen LogP contribution in [0.25, 0.3) is 16.7 Å². The van der Waals surface area contributed by atoms with Crippen LogP contribution in [0.1, 0.15) is 21.5 Å². The molecule has 0 aliphatic rings. The Hall–Kier alpha value is -2.82. The number of carbonyl (C=O) groups excluding carboxylic acids is 1. The lowest BCUT2D eigenvalue weighted by atomic mass is 10.1. The molecule has 0 fully saturated rings. The number of amides is 1. The molecule has 0 aliphatic carbocycles. The van der Waals surface area contributed by atoms with Crippen LogP contribution in [0, 0.1) is 13.8 Å². The monoisotopic (exact) mass is 280 g/mol. The molecule has 0 saturated carbocycles. The Balaban J connectivity index is 2.28. The predicted molar refractivity (Wildman–Crippen MR) is 83.5 cm³/mol. The zero-order valence-corrected chi connectivity index (χ0v) is 11.9. The van der Waals surface area contributed by atoms with Crippen molar-refractivity contribution in [3.63, 3.8) is 0 Å². The fourth-order valence-electron chi connectivity index (χ4n) is 2.36. The average Bonchev–Trinajstić information content (AvgIpc) is 2.82. The van der Waals surface area contributed by atoms with Crippen LogP contribution in [-0.2, 0) is 0 Å². The summed E-state index contributed by atoms with van der Waals surface area (Å²) in [4.78, 5) is 15.8. The number of nitrogen functional groups attached to an aromatic ring is 1. The lowest BCUT2D eigenvalue weighted by molar-refractivity contribution is 0.100. The van der Waals surface area contributed by atoms with Gasteiger partial charge in [-0.1, -0.05) is 0 Å². The van der Waals surface area contributed by atoms with Crippen LogP contribution >= 0.6 is 0 Å². The van der Waals surface area contributed by atoms with Crippen molar-refractivity contribution in [2.45, 2.75) is 13.8 Å². The highest BCUT2D eigenvalue weighted by Gasteiger charge is 2.11. The number of nitrogens with zero attached hydrogens (tertiary/aromatic N) is 2. The minimum absolute atomic E-state index is 0.421. The maximum atomic E-state index is 11.4. The molecule has 1 heterocycles. The number of aromatic nitrogens is 2. The molecule has 1 amide bonds. The Morgan fingerprint density at radius 2 is 1.86 bits per heavy atom. The van der Waals surface area contributed by atoms with Gasteiger partial charge in [0.15, 0.2) is 0 Å². The van der Waals surface area contributed by atoms with Crippen molar-refractivity contribution >= 4 is 22.6 Å². The summed E-state index contributed by atoms with van der Waals surface area (Å²) in [6.07, 6.45) is 1.71. The van der Waals surface area contributed by atoms with Gasteiger partial charge in [0, 0.05) is 5.56 Å². The molecular weight excluding hydrogens is 264 g/mol. The summed E-state index contributed by atoms with van der Waals surface area (Å²) < 4.78 is 1.88. The molecule has 0 saturated heterocycles. The van der Waals surface area contributed by atoms with Crippen LogP contribution in [0.3, 0.4) is 0 Å². The highest BCUT2D eigenvalue weighted by atomic mass is 16.1. The van der Waals surface area contributed by atoms with E-state index in [0.717, 1.165) is 11.0 Å². The Morgan fingerprint density at radius 1 is 1.14 bits per heavy atom. The Morgan fingerprint density at radius 3 is 2.57 bits per heavy atom. The number of fused-ring (bicyclic) bond motifs is 1. The zero-order chi connectivity index (χ0) is 15.1. The number of carbonyl (C=O) groups is 1. The number of primary amides is 1. The number of aryl methyl sites for hydroxylation is 2. The topological polar surface area (TPSA) is 86.9 Å². The van der Waals surface area contributed by atoms with Gasteiger partial charge < -0.3 is 11.5 Å². The first-order valence-corrected chi connectivity index (χ1v) is 6.61. The minimum Gasteiger partial charge on any atom is -0.397 e. The predicted octanol–water partition coefficient (Wildman–Crippen LogP) is 2.32. The molecule has 4 N–H and O–H groups in total. The third-order valence-electron chi connectivity index (χ3n) is 3.74. The third kappa shape index (κ3) is 2.12. The van der Waals surface area contributed by atoms with E-state index in [0.29, 0.717) is 16.9 Å². The molecule has 1 aromatic heterocycles. The minimum atomic E-state index is -0.479. The summed E-state index contributed by atoms with van der Waals surface area (Å²) in [5, 5.41) is 0. The fraction of sp³-hybridized carbons (Fsp3) is 0.125. The molecular formula is C16H16N4O. The highest BCUT2D eigenvalue weighted by molar-refractivity contribution is 5.94. The van der Waals surface area contributed by atoms with E-state index in [1.54, 1.807) is 24.5 Å². The van der Waals surface area contributed by atoms with E-state index in [1.807, 2.05) is 10.6 Å². The number of imidazole rings is 1. The molecule has 0 bridgehead atoms. The lowest BCUT2D eigenvalue weighted by Crippen LogP contribution is -2.12. The lowest BCUT2D eigenvalue weighted by Gasteiger charge is -2.10. The van der Waals surface area contributed by atoms with Crippen molar-refractivity contribution in [1.29, 1.82) is 0 Å². The number of nitrogens with two attached hydrogens (primary N) is 2. The normalized spacial score (nSPS) is 11.0. The Labute approximate surface area is 122 Å². The summed E-state index contributed by atoms with van der Waals surface area (Å²) in [5.74, 6) is -0.479. The smallest absolute Gasteiger partial charge is 0.248 e. The van der Waals surface area contributed by atoms with Gasteiger partial charge in [-0.15, -0.1) is 0 Å². The van der Waals surface area contributed by atoms with E-state index >= 15 is 0 Å². The standard InChI is InChI=1S/C16H16N4O/c1-9-5-13-15(6-10(9)2)20(8-19-13)14-7-11(16(18)21)3-4-12(14)17/h3-8H,17H2,1-2H3,(H2,18,21). The second kappa shape index (κ2) is 4.63. The van der Waals surface area contributed by atoms with Crippen LogP contribution < -0.4 is 11.5 Å². The summed E-state index contributed by atoms with van der Waals surface area (Å²) in [6.45, 7) is 4.10. The first-order chi connectivity index (χ1) is 9.97. The van der Waals surface area contributed by atoms with Gasteiger partial charge in [-0.05, 0) is 55.3 Å². The quantitative estimate of drug-likeness (QED) is 0.706. The molecule has 0 spiro atoms. The molecule has 21 heavy (non-hydrogen) atoms. The molecule has 0 radical (unpaired) electrons. The largest absolute Gasteiger partial charge is 0.397 e. The van der Waals surface area contributed by atoms with E-state index in [1.165, 1.54) is 11.1 Å². The van der Waals surface area contributed by atoms with Gasteiger partial charge in [0.1, 0.15) is 6.33 Å². The van der Waals surface area contributed by atoms with E-state index in [2.05, 4.69) is 24.9 Å². The van der Waals surface area contributed by atoms with Gasteiger partial charge in [0.05, 0.1) is 22.4 Å². The number of hydrogen-bond donors (Lipinski definition) is 2. The molecule has 3 aromatic rings. The second-order valence-electron chi connectivity index (χ2n) is 5.18. The van der Waals surface area contributed by atoms with Gasteiger partial charge in [-0.2, -0.15) is 0 Å². The molecule has 106 valence electrons.